The van der Waals surface area contributed by atoms with E-state index in [1.165, 1.54) is 12.1 Å². The third-order valence-corrected chi connectivity index (χ3v) is 2.47. The molecule has 0 spiro atoms. The van der Waals surface area contributed by atoms with Crippen molar-refractivity contribution in [3.8, 4) is 0 Å². The van der Waals surface area contributed by atoms with Crippen molar-refractivity contribution < 1.29 is 13.9 Å². The molecule has 2 rings (SSSR count). The molecule has 0 aliphatic heterocycles. The molecule has 1 aromatic heterocycles. The molecule has 0 aliphatic rings. The van der Waals surface area contributed by atoms with Crippen molar-refractivity contribution in [3.05, 3.63) is 58.8 Å². The normalized spacial score (nSPS) is 12.7. The predicted octanol–water partition coefficient (Wildman–Crippen LogP) is 3.35. The Balaban J connectivity index is 2.07. The maximum atomic E-state index is 12.7. The van der Waals surface area contributed by atoms with Crippen LogP contribution in [0.15, 0.2) is 40.8 Å². The first-order valence-corrected chi connectivity index (χ1v) is 5.20. The summed E-state index contributed by atoms with van der Waals surface area (Å²) in [5, 5.41) is 10.1. The number of furan rings is 1. The van der Waals surface area contributed by atoms with Crippen LogP contribution in [0.1, 0.15) is 17.4 Å². The van der Waals surface area contributed by atoms with Gasteiger partial charge in [0.2, 0.25) is 0 Å². The van der Waals surface area contributed by atoms with E-state index in [1.807, 2.05) is 0 Å². The summed E-state index contributed by atoms with van der Waals surface area (Å²) < 4.78 is 17.7. The van der Waals surface area contributed by atoms with Gasteiger partial charge < -0.3 is 9.52 Å². The van der Waals surface area contributed by atoms with Crippen molar-refractivity contribution >= 4 is 11.6 Å². The quantitative estimate of drug-likeness (QED) is 0.893. The van der Waals surface area contributed by atoms with Gasteiger partial charge in [-0.1, -0.05) is 12.1 Å². The average molecular weight is 241 g/mol. The molecule has 1 heterocycles. The number of hydrogen-bond acceptors (Lipinski definition) is 2. The Kier molecular flexibility index (Phi) is 3.27. The van der Waals surface area contributed by atoms with Crippen LogP contribution in [0.2, 0.25) is 5.22 Å². The van der Waals surface area contributed by atoms with Crippen molar-refractivity contribution in [1.82, 2.24) is 0 Å². The molecule has 0 radical (unpaired) electrons. The fourth-order valence-corrected chi connectivity index (χ4v) is 1.60. The standard InChI is InChI=1S/C12H10ClFO2/c13-12-6-5-11(16-12)10(15)7-8-1-3-9(14)4-2-8/h1-6,10,15H,7H2. The maximum Gasteiger partial charge on any atom is 0.193 e. The molecule has 2 nitrogen and oxygen atoms in total. The molecule has 0 saturated heterocycles. The van der Waals surface area contributed by atoms with E-state index >= 15 is 0 Å². The minimum absolute atomic E-state index is 0.244. The molecule has 4 heteroatoms. The summed E-state index contributed by atoms with van der Waals surface area (Å²) in [6, 6.07) is 9.17. The predicted molar refractivity (Wildman–Crippen MR) is 58.8 cm³/mol. The van der Waals surface area contributed by atoms with Gasteiger partial charge in [-0.2, -0.15) is 0 Å². The van der Waals surface area contributed by atoms with E-state index in [0.29, 0.717) is 12.2 Å². The maximum absolute atomic E-state index is 12.7. The third-order valence-electron chi connectivity index (χ3n) is 2.26. The first kappa shape index (κ1) is 11.2. The van der Waals surface area contributed by atoms with Gasteiger partial charge in [-0.05, 0) is 41.4 Å². The van der Waals surface area contributed by atoms with Gasteiger partial charge in [0.05, 0.1) is 0 Å². The number of aliphatic hydroxyl groups excluding tert-OH is 1. The van der Waals surface area contributed by atoms with Crippen LogP contribution >= 0.6 is 11.6 Å². The van der Waals surface area contributed by atoms with Crippen LogP contribution in [0.3, 0.4) is 0 Å². The molecule has 0 fully saturated rings. The lowest BCUT2D eigenvalue weighted by Crippen LogP contribution is -2.00. The summed E-state index contributed by atoms with van der Waals surface area (Å²) in [5.41, 5.74) is 0.835. The Labute approximate surface area is 97.3 Å². The first-order valence-electron chi connectivity index (χ1n) is 4.83. The highest BCUT2D eigenvalue weighted by molar-refractivity contribution is 6.28. The largest absolute Gasteiger partial charge is 0.447 e. The highest BCUT2D eigenvalue weighted by Crippen LogP contribution is 2.22. The van der Waals surface area contributed by atoms with E-state index in [1.54, 1.807) is 24.3 Å². The molecular weight excluding hydrogens is 231 g/mol. The highest BCUT2D eigenvalue weighted by atomic mass is 35.5. The van der Waals surface area contributed by atoms with Gasteiger partial charge >= 0.3 is 0 Å². The van der Waals surface area contributed by atoms with E-state index < -0.39 is 6.10 Å². The Morgan fingerprint density at radius 1 is 1.19 bits per heavy atom. The first-order chi connectivity index (χ1) is 7.65. The van der Waals surface area contributed by atoms with Crippen molar-refractivity contribution in [3.63, 3.8) is 0 Å². The smallest absolute Gasteiger partial charge is 0.193 e. The van der Waals surface area contributed by atoms with Crippen LogP contribution in [0, 0.1) is 5.82 Å². The summed E-state index contributed by atoms with van der Waals surface area (Å²) in [6.07, 6.45) is -0.401. The molecule has 0 aliphatic carbocycles. The summed E-state index contributed by atoms with van der Waals surface area (Å²) in [6.45, 7) is 0. The number of benzene rings is 1. The van der Waals surface area contributed by atoms with Crippen LogP contribution < -0.4 is 0 Å². The number of aliphatic hydroxyl groups is 1. The lowest BCUT2D eigenvalue weighted by Gasteiger charge is -2.07. The molecule has 84 valence electrons. The molecule has 0 amide bonds. The Morgan fingerprint density at radius 3 is 2.44 bits per heavy atom. The molecule has 1 aromatic carbocycles. The molecule has 1 atom stereocenters. The summed E-state index contributed by atoms with van der Waals surface area (Å²) >= 11 is 5.60. The van der Waals surface area contributed by atoms with E-state index in [-0.39, 0.29) is 11.0 Å². The molecule has 0 saturated carbocycles. The van der Waals surface area contributed by atoms with E-state index in [2.05, 4.69) is 0 Å². The van der Waals surface area contributed by atoms with Crippen LogP contribution in [0.4, 0.5) is 4.39 Å². The van der Waals surface area contributed by atoms with Crippen molar-refractivity contribution in [2.45, 2.75) is 12.5 Å². The summed E-state index contributed by atoms with van der Waals surface area (Å²) in [7, 11) is 0. The number of halogens is 2. The minimum atomic E-state index is -0.766. The van der Waals surface area contributed by atoms with Gasteiger partial charge in [0.15, 0.2) is 5.22 Å². The van der Waals surface area contributed by atoms with Crippen molar-refractivity contribution in [2.75, 3.05) is 0 Å². The van der Waals surface area contributed by atoms with Gasteiger partial charge in [-0.15, -0.1) is 0 Å². The molecule has 16 heavy (non-hydrogen) atoms. The fourth-order valence-electron chi connectivity index (χ4n) is 1.45. The summed E-state index contributed by atoms with van der Waals surface area (Å²) in [4.78, 5) is 0. The zero-order valence-electron chi connectivity index (χ0n) is 8.36. The molecule has 0 bridgehead atoms. The van der Waals surface area contributed by atoms with Gasteiger partial charge in [0, 0.05) is 6.42 Å². The van der Waals surface area contributed by atoms with Crippen molar-refractivity contribution in [1.29, 1.82) is 0 Å². The van der Waals surface area contributed by atoms with E-state index in [4.69, 9.17) is 16.0 Å². The zero-order valence-corrected chi connectivity index (χ0v) is 9.12. The number of hydrogen-bond donors (Lipinski definition) is 1. The lowest BCUT2D eigenvalue weighted by atomic mass is 10.1. The molecule has 2 aromatic rings. The number of rotatable bonds is 3. The van der Waals surface area contributed by atoms with Crippen LogP contribution in [-0.2, 0) is 6.42 Å². The van der Waals surface area contributed by atoms with Gasteiger partial charge in [0.25, 0.3) is 0 Å². The van der Waals surface area contributed by atoms with Crippen LogP contribution in [0.25, 0.3) is 0 Å². The van der Waals surface area contributed by atoms with Gasteiger partial charge in [-0.25, -0.2) is 4.39 Å². The lowest BCUT2D eigenvalue weighted by molar-refractivity contribution is 0.150. The minimum Gasteiger partial charge on any atom is -0.447 e. The Bertz CT molecular complexity index is 464. The summed E-state index contributed by atoms with van der Waals surface area (Å²) in [5.74, 6) is 0.119. The topological polar surface area (TPSA) is 33.4 Å². The second-order valence-electron chi connectivity index (χ2n) is 3.49. The SMILES string of the molecule is OC(Cc1ccc(F)cc1)c1ccc(Cl)o1. The monoisotopic (exact) mass is 240 g/mol. The molecule has 1 unspecified atom stereocenters. The van der Waals surface area contributed by atoms with Crippen LogP contribution in [-0.4, -0.2) is 5.11 Å². The zero-order chi connectivity index (χ0) is 11.5. The molecular formula is C12H10ClFO2. The second-order valence-corrected chi connectivity index (χ2v) is 3.86. The average Bonchev–Trinajstić information content (AvgIpc) is 2.68. The molecule has 1 N–H and O–H groups in total. The van der Waals surface area contributed by atoms with Gasteiger partial charge in [-0.3, -0.25) is 0 Å². The Hall–Kier alpha value is -1.32. The third kappa shape index (κ3) is 2.62. The highest BCUT2D eigenvalue weighted by Gasteiger charge is 2.12. The van der Waals surface area contributed by atoms with Gasteiger partial charge in [0.1, 0.15) is 17.7 Å². The van der Waals surface area contributed by atoms with E-state index in [0.717, 1.165) is 5.56 Å². The second kappa shape index (κ2) is 4.68. The van der Waals surface area contributed by atoms with Crippen molar-refractivity contribution in [2.24, 2.45) is 0 Å². The van der Waals surface area contributed by atoms with E-state index in [9.17, 15) is 9.50 Å². The fraction of sp³-hybridized carbons (Fsp3) is 0.167. The van der Waals surface area contributed by atoms with Crippen LogP contribution in [0.5, 0.6) is 0 Å². The Morgan fingerprint density at radius 2 is 1.88 bits per heavy atom.